The van der Waals surface area contributed by atoms with Gasteiger partial charge in [-0.3, -0.25) is 4.79 Å². The Balaban J connectivity index is 2.97. The predicted molar refractivity (Wildman–Crippen MR) is 48.8 cm³/mol. The number of halogens is 5. The van der Waals surface area contributed by atoms with Crippen molar-refractivity contribution in [2.75, 3.05) is 0 Å². The largest absolute Gasteiger partial charge is 0.574 e. The number of nitrogens with zero attached hydrogens (tertiary/aromatic N) is 1. The molecule has 0 aliphatic carbocycles. The number of hydrogen-bond donors (Lipinski definition) is 0. The lowest BCUT2D eigenvalue weighted by atomic mass is 10.3. The molecule has 82 valence electrons. The molecule has 3 nitrogen and oxygen atoms in total. The standard InChI is InChI=1S/C7H2BrClF3NO2/c8-4-1-5(15-7(10,11)12)13-2-3(4)6(9)14/h1-2H. The number of ether oxygens (including phenoxy) is 1. The van der Waals surface area contributed by atoms with Crippen LogP contribution in [0.25, 0.3) is 0 Å². The minimum absolute atomic E-state index is 0.0359. The second kappa shape index (κ2) is 4.36. The van der Waals surface area contributed by atoms with Gasteiger partial charge in [-0.05, 0) is 27.5 Å². The number of aromatic nitrogens is 1. The molecule has 0 fully saturated rings. The Kier molecular flexibility index (Phi) is 3.56. The molecule has 0 atom stereocenters. The number of carbonyl (C=O) groups excluding carboxylic acids is 1. The maximum absolute atomic E-state index is 11.8. The molecule has 0 bridgehead atoms. The van der Waals surface area contributed by atoms with Crippen LogP contribution in [0.4, 0.5) is 13.2 Å². The number of alkyl halides is 3. The first-order chi connectivity index (χ1) is 6.79. The molecule has 0 radical (unpaired) electrons. The van der Waals surface area contributed by atoms with Crippen LogP contribution in [0.1, 0.15) is 10.4 Å². The van der Waals surface area contributed by atoms with Crippen molar-refractivity contribution < 1.29 is 22.7 Å². The van der Waals surface area contributed by atoms with Crippen molar-refractivity contribution in [2.24, 2.45) is 0 Å². The lowest BCUT2D eigenvalue weighted by Gasteiger charge is -2.08. The van der Waals surface area contributed by atoms with Crippen molar-refractivity contribution >= 4 is 32.8 Å². The van der Waals surface area contributed by atoms with Gasteiger partial charge in [0.25, 0.3) is 5.24 Å². The van der Waals surface area contributed by atoms with Gasteiger partial charge in [0.05, 0.1) is 5.56 Å². The highest BCUT2D eigenvalue weighted by Crippen LogP contribution is 2.26. The van der Waals surface area contributed by atoms with Crippen LogP contribution in [0.3, 0.4) is 0 Å². The summed E-state index contributed by atoms with van der Waals surface area (Å²) in [5.41, 5.74) is -0.0359. The average Bonchev–Trinajstić information content (AvgIpc) is 1.99. The number of carbonyl (C=O) groups is 1. The van der Waals surface area contributed by atoms with Crippen LogP contribution in [0.5, 0.6) is 5.88 Å². The van der Waals surface area contributed by atoms with E-state index >= 15 is 0 Å². The Morgan fingerprint density at radius 1 is 1.53 bits per heavy atom. The summed E-state index contributed by atoms with van der Waals surface area (Å²) >= 11 is 7.98. The molecule has 1 rings (SSSR count). The first-order valence-electron chi connectivity index (χ1n) is 3.41. The molecule has 0 saturated heterocycles. The quantitative estimate of drug-likeness (QED) is 0.788. The third-order valence-electron chi connectivity index (χ3n) is 1.26. The van der Waals surface area contributed by atoms with Gasteiger partial charge < -0.3 is 4.74 Å². The molecule has 0 aromatic carbocycles. The van der Waals surface area contributed by atoms with Crippen molar-refractivity contribution in [3.63, 3.8) is 0 Å². The topological polar surface area (TPSA) is 39.2 Å². The first-order valence-corrected chi connectivity index (χ1v) is 4.58. The highest BCUT2D eigenvalue weighted by atomic mass is 79.9. The molecule has 0 unspecified atom stereocenters. The van der Waals surface area contributed by atoms with Crippen LogP contribution in [0.2, 0.25) is 0 Å². The Morgan fingerprint density at radius 2 is 2.13 bits per heavy atom. The number of hydrogen-bond acceptors (Lipinski definition) is 3. The van der Waals surface area contributed by atoms with E-state index in [-0.39, 0.29) is 10.0 Å². The summed E-state index contributed by atoms with van der Waals surface area (Å²) in [5.74, 6) is -0.670. The SMILES string of the molecule is O=C(Cl)c1cnc(OC(F)(F)F)cc1Br. The Bertz CT molecular complexity index is 396. The molecule has 8 heteroatoms. The van der Waals surface area contributed by atoms with E-state index < -0.39 is 17.5 Å². The second-order valence-electron chi connectivity index (χ2n) is 2.32. The van der Waals surface area contributed by atoms with Crippen molar-refractivity contribution in [1.29, 1.82) is 0 Å². The van der Waals surface area contributed by atoms with Crippen molar-refractivity contribution in [1.82, 2.24) is 4.98 Å². The first kappa shape index (κ1) is 12.3. The third-order valence-corrected chi connectivity index (χ3v) is 2.12. The molecular formula is C7H2BrClF3NO2. The highest BCUT2D eigenvalue weighted by molar-refractivity contribution is 9.10. The second-order valence-corrected chi connectivity index (χ2v) is 3.52. The molecule has 1 aromatic heterocycles. The van der Waals surface area contributed by atoms with E-state index in [1.165, 1.54) is 0 Å². The van der Waals surface area contributed by atoms with Gasteiger partial charge in [-0.25, -0.2) is 4.98 Å². The van der Waals surface area contributed by atoms with Gasteiger partial charge in [0, 0.05) is 16.7 Å². The van der Waals surface area contributed by atoms with E-state index in [0.29, 0.717) is 0 Å². The van der Waals surface area contributed by atoms with E-state index in [9.17, 15) is 18.0 Å². The van der Waals surface area contributed by atoms with E-state index in [0.717, 1.165) is 12.3 Å². The zero-order valence-corrected chi connectivity index (χ0v) is 9.15. The van der Waals surface area contributed by atoms with Crippen LogP contribution in [-0.4, -0.2) is 16.6 Å². The zero-order chi connectivity index (χ0) is 11.6. The molecular weight excluding hydrogens is 302 g/mol. The summed E-state index contributed by atoms with van der Waals surface area (Å²) in [6, 6.07) is 0.906. The van der Waals surface area contributed by atoms with Crippen molar-refractivity contribution in [3.05, 3.63) is 22.3 Å². The molecule has 1 heterocycles. The minimum atomic E-state index is -4.82. The van der Waals surface area contributed by atoms with E-state index in [1.807, 2.05) is 0 Å². The van der Waals surface area contributed by atoms with Crippen LogP contribution in [0, 0.1) is 0 Å². The molecule has 15 heavy (non-hydrogen) atoms. The van der Waals surface area contributed by atoms with Gasteiger partial charge >= 0.3 is 6.36 Å². The maximum atomic E-state index is 11.8. The zero-order valence-electron chi connectivity index (χ0n) is 6.81. The van der Waals surface area contributed by atoms with E-state index in [2.05, 4.69) is 25.7 Å². The molecule has 0 aliphatic heterocycles. The van der Waals surface area contributed by atoms with Gasteiger partial charge in [-0.1, -0.05) is 0 Å². The van der Waals surface area contributed by atoms with Gasteiger partial charge in [-0.2, -0.15) is 0 Å². The molecule has 0 aliphatic rings. The fourth-order valence-electron chi connectivity index (χ4n) is 0.732. The Morgan fingerprint density at radius 3 is 2.53 bits per heavy atom. The summed E-state index contributed by atoms with van der Waals surface area (Å²) in [6.45, 7) is 0. The van der Waals surface area contributed by atoms with Crippen LogP contribution in [0.15, 0.2) is 16.7 Å². The summed E-state index contributed by atoms with van der Waals surface area (Å²) in [6.07, 6.45) is -3.93. The molecule has 0 spiro atoms. The number of pyridine rings is 1. The lowest BCUT2D eigenvalue weighted by molar-refractivity contribution is -0.276. The monoisotopic (exact) mass is 303 g/mol. The fraction of sp³-hybridized carbons (Fsp3) is 0.143. The van der Waals surface area contributed by atoms with Crippen molar-refractivity contribution in [2.45, 2.75) is 6.36 Å². The van der Waals surface area contributed by atoms with Crippen LogP contribution < -0.4 is 4.74 Å². The smallest absolute Gasteiger partial charge is 0.388 e. The van der Waals surface area contributed by atoms with E-state index in [4.69, 9.17) is 11.6 Å². The predicted octanol–water partition coefficient (Wildman–Crippen LogP) is 3.12. The molecule has 0 amide bonds. The minimum Gasteiger partial charge on any atom is -0.388 e. The van der Waals surface area contributed by atoms with E-state index in [1.54, 1.807) is 0 Å². The lowest BCUT2D eigenvalue weighted by Crippen LogP contribution is -2.18. The average molecular weight is 304 g/mol. The Hall–Kier alpha value is -0.820. The summed E-state index contributed by atoms with van der Waals surface area (Å²) < 4.78 is 38.9. The summed E-state index contributed by atoms with van der Waals surface area (Å²) in [5, 5.41) is -0.826. The van der Waals surface area contributed by atoms with Crippen molar-refractivity contribution in [3.8, 4) is 5.88 Å². The normalized spacial score (nSPS) is 11.3. The summed E-state index contributed by atoms with van der Waals surface area (Å²) in [7, 11) is 0. The third kappa shape index (κ3) is 3.67. The fourth-order valence-corrected chi connectivity index (χ4v) is 1.48. The van der Waals surface area contributed by atoms with Gasteiger partial charge in [0.1, 0.15) is 0 Å². The molecule has 0 N–H and O–H groups in total. The molecule has 0 saturated carbocycles. The molecule has 1 aromatic rings. The van der Waals surface area contributed by atoms with Gasteiger partial charge in [0.2, 0.25) is 5.88 Å². The summed E-state index contributed by atoms with van der Waals surface area (Å²) in [4.78, 5) is 14.0. The Labute approximate surface area is 95.3 Å². The number of rotatable bonds is 2. The van der Waals surface area contributed by atoms with Gasteiger partial charge in [0.15, 0.2) is 0 Å². The van der Waals surface area contributed by atoms with Crippen LogP contribution >= 0.6 is 27.5 Å². The highest BCUT2D eigenvalue weighted by Gasteiger charge is 2.32. The van der Waals surface area contributed by atoms with Crippen LogP contribution in [-0.2, 0) is 0 Å². The maximum Gasteiger partial charge on any atom is 0.574 e. The van der Waals surface area contributed by atoms with Gasteiger partial charge in [-0.15, -0.1) is 13.2 Å².